The second kappa shape index (κ2) is 5.54. The van der Waals surface area contributed by atoms with Crippen molar-refractivity contribution < 1.29 is 14.6 Å². The largest absolute Gasteiger partial charge is 0.494 e. The van der Waals surface area contributed by atoms with Crippen molar-refractivity contribution in [3.8, 4) is 5.75 Å². The summed E-state index contributed by atoms with van der Waals surface area (Å²) in [7, 11) is 0. The highest BCUT2D eigenvalue weighted by Gasteiger charge is 2.33. The van der Waals surface area contributed by atoms with E-state index in [1.54, 1.807) is 25.1 Å². The fourth-order valence-corrected chi connectivity index (χ4v) is 2.35. The van der Waals surface area contributed by atoms with E-state index in [0.717, 1.165) is 0 Å². The molecular weight excluding hydrogens is 264 g/mol. The van der Waals surface area contributed by atoms with Gasteiger partial charge in [-0.2, -0.15) is 0 Å². The average molecular weight is 280 g/mol. The molecule has 1 aromatic carbocycles. The number of amides is 1. The summed E-state index contributed by atoms with van der Waals surface area (Å²) >= 11 is 5.14. The molecule has 0 spiro atoms. The third kappa shape index (κ3) is 2.54. The van der Waals surface area contributed by atoms with Crippen LogP contribution in [0.2, 0.25) is 0 Å². The van der Waals surface area contributed by atoms with Crippen LogP contribution in [-0.4, -0.2) is 28.8 Å². The summed E-state index contributed by atoms with van der Waals surface area (Å²) in [6.07, 6.45) is 0. The van der Waals surface area contributed by atoms with E-state index in [9.17, 15) is 9.90 Å². The van der Waals surface area contributed by atoms with Crippen LogP contribution in [0, 0.1) is 0 Å². The van der Waals surface area contributed by atoms with Crippen LogP contribution in [0.4, 0.5) is 5.69 Å². The number of anilines is 1. The molecule has 1 aromatic rings. The molecule has 1 aliphatic heterocycles. The minimum Gasteiger partial charge on any atom is -0.494 e. The molecule has 5 nitrogen and oxygen atoms in total. The molecule has 0 unspecified atom stereocenters. The number of aliphatic hydroxyl groups excluding tert-OH is 1. The van der Waals surface area contributed by atoms with Crippen LogP contribution in [0.1, 0.15) is 19.4 Å². The number of hydrogen-bond acceptors (Lipinski definition) is 4. The van der Waals surface area contributed by atoms with E-state index in [1.807, 2.05) is 6.92 Å². The van der Waals surface area contributed by atoms with Crippen molar-refractivity contribution in [1.82, 2.24) is 5.32 Å². The second-order valence-corrected chi connectivity index (χ2v) is 4.61. The summed E-state index contributed by atoms with van der Waals surface area (Å²) in [4.78, 5) is 13.4. The van der Waals surface area contributed by atoms with E-state index in [-0.39, 0.29) is 18.6 Å². The maximum atomic E-state index is 12.0. The summed E-state index contributed by atoms with van der Waals surface area (Å²) in [5.74, 6) is 0.519. The Bertz CT molecular complexity index is 519. The minimum atomic E-state index is -0.323. The van der Waals surface area contributed by atoms with Crippen LogP contribution in [0.5, 0.6) is 5.75 Å². The molecular formula is C13H16N2O3S. The Kier molecular flexibility index (Phi) is 4.01. The van der Waals surface area contributed by atoms with E-state index in [1.165, 1.54) is 4.90 Å². The molecule has 1 saturated heterocycles. The van der Waals surface area contributed by atoms with Crippen molar-refractivity contribution in [1.29, 1.82) is 0 Å². The van der Waals surface area contributed by atoms with Gasteiger partial charge in [-0.25, -0.2) is 0 Å². The molecule has 1 atom stereocenters. The zero-order valence-electron chi connectivity index (χ0n) is 10.8. The number of nitrogens with zero attached hydrogens (tertiary/aromatic N) is 1. The number of ether oxygens (including phenoxy) is 1. The predicted molar refractivity (Wildman–Crippen MR) is 76.2 cm³/mol. The third-order valence-corrected chi connectivity index (χ3v) is 3.21. The normalized spacial score (nSPS) is 18.7. The quantitative estimate of drug-likeness (QED) is 0.811. The summed E-state index contributed by atoms with van der Waals surface area (Å²) in [5.41, 5.74) is 1.27. The maximum Gasteiger partial charge on any atom is 0.255 e. The zero-order valence-corrected chi connectivity index (χ0v) is 11.7. The smallest absolute Gasteiger partial charge is 0.255 e. The lowest BCUT2D eigenvalue weighted by molar-refractivity contribution is -0.117. The lowest BCUT2D eigenvalue weighted by atomic mass is 10.1. The standard InChI is InChI=1S/C13H16N2O3S/c1-3-18-11-5-4-10(6-9(11)7-16)15-12(17)8(2)14-13(15)19/h4-6,8,16H,3,7H2,1-2H3,(H,14,19)/t8-/m0/s1. The number of carbonyl (C=O) groups excluding carboxylic acids is 1. The molecule has 2 rings (SSSR count). The van der Waals surface area contributed by atoms with Gasteiger partial charge in [0.25, 0.3) is 5.91 Å². The summed E-state index contributed by atoms with van der Waals surface area (Å²) in [6.45, 7) is 4.00. The van der Waals surface area contributed by atoms with E-state index in [4.69, 9.17) is 17.0 Å². The van der Waals surface area contributed by atoms with E-state index < -0.39 is 0 Å². The SMILES string of the molecule is CCOc1ccc(N2C(=O)[C@H](C)NC2=S)cc1CO. The van der Waals surface area contributed by atoms with Crippen molar-refractivity contribution in [2.45, 2.75) is 26.5 Å². The van der Waals surface area contributed by atoms with Crippen molar-refractivity contribution in [2.75, 3.05) is 11.5 Å². The molecule has 1 heterocycles. The Hall–Kier alpha value is -1.66. The van der Waals surface area contributed by atoms with E-state index >= 15 is 0 Å². The van der Waals surface area contributed by atoms with Gasteiger partial charge in [0.1, 0.15) is 11.8 Å². The second-order valence-electron chi connectivity index (χ2n) is 4.23. The van der Waals surface area contributed by atoms with Crippen LogP contribution >= 0.6 is 12.2 Å². The number of nitrogens with one attached hydrogen (secondary N) is 1. The molecule has 0 aliphatic carbocycles. The van der Waals surface area contributed by atoms with Gasteiger partial charge >= 0.3 is 0 Å². The Morgan fingerprint density at radius 3 is 2.79 bits per heavy atom. The molecule has 0 aromatic heterocycles. The van der Waals surface area contributed by atoms with Gasteiger partial charge in [0, 0.05) is 5.56 Å². The monoisotopic (exact) mass is 280 g/mol. The molecule has 2 N–H and O–H groups in total. The highest BCUT2D eigenvalue weighted by molar-refractivity contribution is 7.80. The number of benzene rings is 1. The molecule has 102 valence electrons. The topological polar surface area (TPSA) is 61.8 Å². The van der Waals surface area contributed by atoms with Gasteiger partial charge in [-0.3, -0.25) is 9.69 Å². The predicted octanol–water partition coefficient (Wildman–Crippen LogP) is 1.19. The highest BCUT2D eigenvalue weighted by Crippen LogP contribution is 2.27. The molecule has 19 heavy (non-hydrogen) atoms. The van der Waals surface area contributed by atoms with Crippen LogP contribution in [0.25, 0.3) is 0 Å². The Morgan fingerprint density at radius 2 is 2.26 bits per heavy atom. The van der Waals surface area contributed by atoms with Crippen molar-refractivity contribution in [3.63, 3.8) is 0 Å². The van der Waals surface area contributed by atoms with Crippen LogP contribution < -0.4 is 15.0 Å². The number of hydrogen-bond donors (Lipinski definition) is 2. The van der Waals surface area contributed by atoms with Crippen LogP contribution in [-0.2, 0) is 11.4 Å². The van der Waals surface area contributed by atoms with Gasteiger partial charge in [0.2, 0.25) is 0 Å². The summed E-state index contributed by atoms with van der Waals surface area (Å²) in [5, 5.41) is 12.7. The maximum absolute atomic E-state index is 12.0. The zero-order chi connectivity index (χ0) is 14.0. The number of aliphatic hydroxyl groups is 1. The Morgan fingerprint density at radius 1 is 1.53 bits per heavy atom. The fourth-order valence-electron chi connectivity index (χ4n) is 1.97. The summed E-state index contributed by atoms with van der Waals surface area (Å²) < 4.78 is 5.41. The first-order chi connectivity index (χ1) is 9.08. The first-order valence-corrected chi connectivity index (χ1v) is 6.50. The van der Waals surface area contributed by atoms with Gasteiger partial charge in [0.05, 0.1) is 18.9 Å². The van der Waals surface area contributed by atoms with Crippen LogP contribution in [0.3, 0.4) is 0 Å². The molecule has 1 fully saturated rings. The lowest BCUT2D eigenvalue weighted by Gasteiger charge is -2.17. The average Bonchev–Trinajstić information content (AvgIpc) is 2.64. The lowest BCUT2D eigenvalue weighted by Crippen LogP contribution is -2.30. The number of rotatable bonds is 4. The molecule has 0 bridgehead atoms. The van der Waals surface area contributed by atoms with E-state index in [0.29, 0.717) is 28.7 Å². The first-order valence-electron chi connectivity index (χ1n) is 6.09. The van der Waals surface area contributed by atoms with Crippen molar-refractivity contribution >= 4 is 28.9 Å². The molecule has 1 amide bonds. The van der Waals surface area contributed by atoms with Crippen molar-refractivity contribution in [3.05, 3.63) is 23.8 Å². The van der Waals surface area contributed by atoms with Gasteiger partial charge < -0.3 is 15.2 Å². The van der Waals surface area contributed by atoms with Gasteiger partial charge in [-0.05, 0) is 44.3 Å². The van der Waals surface area contributed by atoms with Gasteiger partial charge in [0.15, 0.2) is 5.11 Å². The molecule has 0 radical (unpaired) electrons. The minimum absolute atomic E-state index is 0.0990. The fraction of sp³-hybridized carbons (Fsp3) is 0.385. The van der Waals surface area contributed by atoms with Crippen LogP contribution in [0.15, 0.2) is 18.2 Å². The van der Waals surface area contributed by atoms with Gasteiger partial charge in [-0.1, -0.05) is 0 Å². The van der Waals surface area contributed by atoms with Gasteiger partial charge in [-0.15, -0.1) is 0 Å². The van der Waals surface area contributed by atoms with E-state index in [2.05, 4.69) is 5.32 Å². The third-order valence-electron chi connectivity index (χ3n) is 2.91. The molecule has 1 aliphatic rings. The summed E-state index contributed by atoms with van der Waals surface area (Å²) in [6, 6.07) is 4.89. The Labute approximate surface area is 117 Å². The first kappa shape index (κ1) is 13.8. The molecule has 6 heteroatoms. The number of carbonyl (C=O) groups is 1. The molecule has 0 saturated carbocycles. The van der Waals surface area contributed by atoms with Crippen molar-refractivity contribution in [2.24, 2.45) is 0 Å². The Balaban J connectivity index is 2.36. The number of thiocarbonyl (C=S) groups is 1. The highest BCUT2D eigenvalue weighted by atomic mass is 32.1.